The van der Waals surface area contributed by atoms with Gasteiger partial charge in [-0.05, 0) is 19.1 Å². The molecule has 3 rings (SSSR count). The second-order valence-electron chi connectivity index (χ2n) is 5.43. The Bertz CT molecular complexity index is 823. The molecule has 120 valence electrons. The van der Waals surface area contributed by atoms with E-state index in [0.717, 1.165) is 0 Å². The lowest BCUT2D eigenvalue weighted by Crippen LogP contribution is -2.36. The van der Waals surface area contributed by atoms with Crippen molar-refractivity contribution in [3.8, 4) is 5.69 Å². The molecule has 0 bridgehead atoms. The number of aryl methyl sites for hydroxylation is 1. The van der Waals surface area contributed by atoms with Crippen LogP contribution in [0, 0.1) is 6.92 Å². The zero-order valence-electron chi connectivity index (χ0n) is 12.6. The van der Waals surface area contributed by atoms with Crippen LogP contribution in [0.4, 0.5) is 5.82 Å². The van der Waals surface area contributed by atoms with E-state index in [1.165, 1.54) is 10.6 Å². The summed E-state index contributed by atoms with van der Waals surface area (Å²) < 4.78 is 1.44. The summed E-state index contributed by atoms with van der Waals surface area (Å²) in [5, 5.41) is 0.701. The summed E-state index contributed by atoms with van der Waals surface area (Å²) in [6, 6.07) is 6.60. The fourth-order valence-corrected chi connectivity index (χ4v) is 3.07. The number of aromatic nitrogens is 2. The van der Waals surface area contributed by atoms with Crippen LogP contribution in [-0.2, 0) is 4.79 Å². The van der Waals surface area contributed by atoms with Crippen LogP contribution in [0.15, 0.2) is 29.1 Å². The first-order valence-electron chi connectivity index (χ1n) is 7.29. The minimum absolute atomic E-state index is 0.228. The molecule has 1 saturated heterocycles. The number of rotatable bonds is 2. The Kier molecular flexibility index (Phi) is 4.41. The fourth-order valence-electron chi connectivity index (χ4n) is 2.69. The molecule has 0 atom stereocenters. The van der Waals surface area contributed by atoms with E-state index in [-0.39, 0.29) is 11.3 Å². The molecule has 1 aromatic carbocycles. The predicted molar refractivity (Wildman–Crippen MR) is 91.0 cm³/mol. The van der Waals surface area contributed by atoms with E-state index in [2.05, 4.69) is 4.98 Å². The van der Waals surface area contributed by atoms with Crippen molar-refractivity contribution < 1.29 is 4.79 Å². The molecule has 1 aliphatic rings. The molecule has 0 saturated carbocycles. The summed E-state index contributed by atoms with van der Waals surface area (Å²) in [5.74, 6) is 1.36. The van der Waals surface area contributed by atoms with Gasteiger partial charge in [0.1, 0.15) is 17.4 Å². The predicted octanol–water partition coefficient (Wildman–Crippen LogP) is 3.02. The molecule has 23 heavy (non-hydrogen) atoms. The fraction of sp³-hybridized carbons (Fsp3) is 0.312. The topological polar surface area (TPSA) is 55.2 Å². The third-order valence-corrected chi connectivity index (χ3v) is 4.70. The zero-order valence-corrected chi connectivity index (χ0v) is 14.1. The average molecular weight is 352 g/mol. The van der Waals surface area contributed by atoms with Gasteiger partial charge < -0.3 is 4.90 Å². The number of hydrogen-bond donors (Lipinski definition) is 0. The van der Waals surface area contributed by atoms with E-state index in [0.29, 0.717) is 53.3 Å². The van der Waals surface area contributed by atoms with Gasteiger partial charge in [-0.3, -0.25) is 14.2 Å². The molecule has 0 amide bonds. The number of halogens is 2. The van der Waals surface area contributed by atoms with Crippen LogP contribution in [0.25, 0.3) is 5.69 Å². The molecular formula is C16H15Cl2N3O2. The van der Waals surface area contributed by atoms with Gasteiger partial charge >= 0.3 is 0 Å². The number of Topliss-reactive ketones (excluding diaryl/α,β-unsaturated/α-hetero) is 1. The van der Waals surface area contributed by atoms with E-state index in [1.807, 2.05) is 4.90 Å². The maximum absolute atomic E-state index is 12.6. The summed E-state index contributed by atoms with van der Waals surface area (Å²) in [4.78, 5) is 30.4. The molecule has 0 unspecified atom stereocenters. The van der Waals surface area contributed by atoms with Crippen molar-refractivity contribution in [3.63, 3.8) is 0 Å². The quantitative estimate of drug-likeness (QED) is 0.834. The number of carbonyl (C=O) groups excluding carboxylic acids is 1. The lowest BCUT2D eigenvalue weighted by molar-refractivity contribution is -0.119. The highest BCUT2D eigenvalue weighted by atomic mass is 35.5. The van der Waals surface area contributed by atoms with Crippen molar-refractivity contribution in [3.05, 3.63) is 50.5 Å². The van der Waals surface area contributed by atoms with Gasteiger partial charge in [0.15, 0.2) is 0 Å². The van der Waals surface area contributed by atoms with E-state index in [1.54, 1.807) is 25.1 Å². The van der Waals surface area contributed by atoms with Crippen molar-refractivity contribution in [1.82, 2.24) is 9.55 Å². The average Bonchev–Trinajstić information content (AvgIpc) is 2.51. The van der Waals surface area contributed by atoms with Crippen LogP contribution in [-0.4, -0.2) is 28.4 Å². The van der Waals surface area contributed by atoms with Crippen molar-refractivity contribution in [2.75, 3.05) is 18.0 Å². The maximum atomic E-state index is 12.6. The van der Waals surface area contributed by atoms with Gasteiger partial charge in [0.25, 0.3) is 5.56 Å². The summed E-state index contributed by atoms with van der Waals surface area (Å²) in [5.41, 5.74) is 0.281. The SMILES string of the molecule is Cc1nc(N2CCC(=O)CC2)cc(=O)n1-c1cccc(Cl)c1Cl. The van der Waals surface area contributed by atoms with Crippen molar-refractivity contribution in [2.45, 2.75) is 19.8 Å². The third kappa shape index (κ3) is 3.12. The van der Waals surface area contributed by atoms with E-state index in [9.17, 15) is 9.59 Å². The van der Waals surface area contributed by atoms with Gasteiger partial charge in [0.05, 0.1) is 15.7 Å². The van der Waals surface area contributed by atoms with Crippen LogP contribution >= 0.6 is 23.2 Å². The number of piperidine rings is 1. The molecule has 0 N–H and O–H groups in total. The summed E-state index contributed by atoms with van der Waals surface area (Å²) in [6.45, 7) is 2.93. The molecule has 1 fully saturated rings. The first-order valence-corrected chi connectivity index (χ1v) is 8.04. The maximum Gasteiger partial charge on any atom is 0.260 e. The molecule has 0 aliphatic carbocycles. The number of ketones is 1. The van der Waals surface area contributed by atoms with Gasteiger partial charge in [0.2, 0.25) is 0 Å². The first-order chi connectivity index (χ1) is 11.0. The largest absolute Gasteiger partial charge is 0.356 e. The van der Waals surface area contributed by atoms with Gasteiger partial charge in [0, 0.05) is 32.0 Å². The summed E-state index contributed by atoms with van der Waals surface area (Å²) in [7, 11) is 0. The van der Waals surface area contributed by atoms with Crippen molar-refractivity contribution in [1.29, 1.82) is 0 Å². The van der Waals surface area contributed by atoms with Crippen LogP contribution < -0.4 is 10.5 Å². The Balaban J connectivity index is 2.03. The second kappa shape index (κ2) is 6.34. The molecule has 0 spiro atoms. The monoisotopic (exact) mass is 351 g/mol. The minimum Gasteiger partial charge on any atom is -0.356 e. The van der Waals surface area contributed by atoms with Gasteiger partial charge in [-0.2, -0.15) is 0 Å². The molecule has 7 heteroatoms. The Morgan fingerprint density at radius 1 is 1.13 bits per heavy atom. The molecule has 1 aromatic heterocycles. The summed E-state index contributed by atoms with van der Waals surface area (Å²) >= 11 is 12.2. The number of carbonyl (C=O) groups is 1. The highest BCUT2D eigenvalue weighted by Crippen LogP contribution is 2.28. The smallest absolute Gasteiger partial charge is 0.260 e. The number of anilines is 1. The first kappa shape index (κ1) is 16.0. The zero-order chi connectivity index (χ0) is 16.6. The Morgan fingerprint density at radius 3 is 2.48 bits per heavy atom. The van der Waals surface area contributed by atoms with Crippen LogP contribution in [0.1, 0.15) is 18.7 Å². The van der Waals surface area contributed by atoms with E-state index in [4.69, 9.17) is 23.2 Å². The van der Waals surface area contributed by atoms with Gasteiger partial charge in [-0.15, -0.1) is 0 Å². The van der Waals surface area contributed by atoms with Gasteiger partial charge in [-0.25, -0.2) is 4.98 Å². The number of hydrogen-bond acceptors (Lipinski definition) is 4. The standard InChI is InChI=1S/C16H15Cl2N3O2/c1-10-19-14(20-7-5-11(22)6-8-20)9-15(23)21(10)13-4-2-3-12(17)16(13)18/h2-4,9H,5-8H2,1H3. The van der Waals surface area contributed by atoms with Gasteiger partial charge in [-0.1, -0.05) is 29.3 Å². The Hall–Kier alpha value is -1.85. The second-order valence-corrected chi connectivity index (χ2v) is 6.22. The highest BCUT2D eigenvalue weighted by Gasteiger charge is 2.19. The van der Waals surface area contributed by atoms with Crippen LogP contribution in [0.2, 0.25) is 10.0 Å². The number of nitrogens with zero attached hydrogens (tertiary/aromatic N) is 3. The molecule has 5 nitrogen and oxygen atoms in total. The molecule has 1 aliphatic heterocycles. The highest BCUT2D eigenvalue weighted by molar-refractivity contribution is 6.43. The summed E-state index contributed by atoms with van der Waals surface area (Å²) in [6.07, 6.45) is 0.980. The van der Waals surface area contributed by atoms with Crippen molar-refractivity contribution >= 4 is 34.8 Å². The molecule has 0 radical (unpaired) electrons. The lowest BCUT2D eigenvalue weighted by Gasteiger charge is -2.27. The van der Waals surface area contributed by atoms with E-state index >= 15 is 0 Å². The van der Waals surface area contributed by atoms with Crippen LogP contribution in [0.3, 0.4) is 0 Å². The lowest BCUT2D eigenvalue weighted by atomic mass is 10.1. The van der Waals surface area contributed by atoms with Crippen molar-refractivity contribution in [2.24, 2.45) is 0 Å². The normalized spacial score (nSPS) is 15.1. The Morgan fingerprint density at radius 2 is 1.83 bits per heavy atom. The minimum atomic E-state index is -0.228. The third-order valence-electron chi connectivity index (χ3n) is 3.89. The van der Waals surface area contributed by atoms with Crippen LogP contribution in [0.5, 0.6) is 0 Å². The molecule has 2 aromatic rings. The van der Waals surface area contributed by atoms with E-state index < -0.39 is 0 Å². The number of benzene rings is 1. The Labute approximate surface area is 143 Å². The molecule has 2 heterocycles. The molecular weight excluding hydrogens is 337 g/mol.